The fraction of sp³-hybridized carbons (Fsp3) is 0.188. The molecule has 2 N–H and O–H groups in total. The monoisotopic (exact) mass is 332 g/mol. The normalized spacial score (nSPS) is 10.2. The molecule has 2 aromatic carbocycles. The number of carbonyl (C=O) groups is 1. The third kappa shape index (κ3) is 3.61. The Hall–Kier alpha value is -1.81. The van der Waals surface area contributed by atoms with E-state index in [1.165, 1.54) is 0 Å². The van der Waals surface area contributed by atoms with Crippen LogP contribution < -0.4 is 10.6 Å². The van der Waals surface area contributed by atoms with Crippen LogP contribution in [0.4, 0.5) is 5.69 Å². The second-order valence-corrected chi connectivity index (χ2v) is 5.50. The van der Waals surface area contributed by atoms with Crippen LogP contribution in [0.15, 0.2) is 46.9 Å². The number of amides is 1. The van der Waals surface area contributed by atoms with Crippen LogP contribution in [0, 0.1) is 6.92 Å². The predicted octanol–water partition coefficient (Wildman–Crippen LogP) is 3.73. The Morgan fingerprint density at radius 2 is 2.00 bits per heavy atom. The van der Waals surface area contributed by atoms with E-state index >= 15 is 0 Å². The van der Waals surface area contributed by atoms with E-state index in [0.717, 1.165) is 21.3 Å². The molecule has 0 fully saturated rings. The molecule has 2 aromatic rings. The van der Waals surface area contributed by atoms with Gasteiger partial charge in [-0.05, 0) is 48.4 Å². The van der Waals surface area contributed by atoms with Gasteiger partial charge in [0.1, 0.15) is 0 Å². The van der Waals surface area contributed by atoms with Crippen LogP contribution in [0.25, 0.3) is 0 Å². The minimum atomic E-state index is -0.0681. The summed E-state index contributed by atoms with van der Waals surface area (Å²) in [6.07, 6.45) is 0. The molecule has 0 radical (unpaired) electrons. The number of halogens is 1. The molecule has 0 aliphatic heterocycles. The molecule has 20 heavy (non-hydrogen) atoms. The van der Waals surface area contributed by atoms with Crippen molar-refractivity contribution in [2.45, 2.75) is 13.5 Å². The van der Waals surface area contributed by atoms with Gasteiger partial charge in [0.05, 0.1) is 0 Å². The molecule has 2 rings (SSSR count). The molecule has 0 unspecified atom stereocenters. The van der Waals surface area contributed by atoms with Crippen molar-refractivity contribution in [2.24, 2.45) is 0 Å². The van der Waals surface area contributed by atoms with Crippen molar-refractivity contribution in [1.29, 1.82) is 0 Å². The van der Waals surface area contributed by atoms with Crippen molar-refractivity contribution in [3.8, 4) is 0 Å². The fourth-order valence-corrected chi connectivity index (χ4v) is 2.33. The maximum absolute atomic E-state index is 12.1. The summed E-state index contributed by atoms with van der Waals surface area (Å²) in [5.41, 5.74) is 3.86. The van der Waals surface area contributed by atoms with Crippen molar-refractivity contribution in [1.82, 2.24) is 5.32 Å². The minimum absolute atomic E-state index is 0.0681. The average molecular weight is 333 g/mol. The Bertz CT molecular complexity index is 626. The second-order valence-electron chi connectivity index (χ2n) is 4.58. The Labute approximate surface area is 127 Å². The van der Waals surface area contributed by atoms with Crippen LogP contribution in [-0.4, -0.2) is 13.0 Å². The third-order valence-electron chi connectivity index (χ3n) is 3.16. The summed E-state index contributed by atoms with van der Waals surface area (Å²) >= 11 is 3.45. The van der Waals surface area contributed by atoms with Gasteiger partial charge in [0.15, 0.2) is 0 Å². The molecule has 104 valence electrons. The second kappa shape index (κ2) is 6.57. The number of benzene rings is 2. The Morgan fingerprint density at radius 3 is 2.75 bits per heavy atom. The lowest BCUT2D eigenvalue weighted by Crippen LogP contribution is -2.23. The first-order valence-electron chi connectivity index (χ1n) is 6.41. The summed E-state index contributed by atoms with van der Waals surface area (Å²) in [6.45, 7) is 2.56. The van der Waals surface area contributed by atoms with Crippen molar-refractivity contribution in [3.05, 3.63) is 63.6 Å². The van der Waals surface area contributed by atoms with Crippen molar-refractivity contribution < 1.29 is 4.79 Å². The van der Waals surface area contributed by atoms with E-state index in [0.29, 0.717) is 12.1 Å². The van der Waals surface area contributed by atoms with Gasteiger partial charge in [-0.25, -0.2) is 0 Å². The van der Waals surface area contributed by atoms with Gasteiger partial charge in [-0.2, -0.15) is 0 Å². The highest BCUT2D eigenvalue weighted by atomic mass is 79.9. The number of aryl methyl sites for hydroxylation is 1. The van der Waals surface area contributed by atoms with Gasteiger partial charge in [0, 0.05) is 29.3 Å². The quantitative estimate of drug-likeness (QED) is 0.895. The smallest absolute Gasteiger partial charge is 0.251 e. The Morgan fingerprint density at radius 1 is 1.20 bits per heavy atom. The summed E-state index contributed by atoms with van der Waals surface area (Å²) in [5.74, 6) is -0.0681. The summed E-state index contributed by atoms with van der Waals surface area (Å²) in [7, 11) is 1.84. The molecule has 0 atom stereocenters. The first-order chi connectivity index (χ1) is 9.60. The lowest BCUT2D eigenvalue weighted by molar-refractivity contribution is 0.0951. The maximum Gasteiger partial charge on any atom is 0.251 e. The van der Waals surface area contributed by atoms with Gasteiger partial charge in [-0.3, -0.25) is 4.79 Å². The maximum atomic E-state index is 12.1. The highest BCUT2D eigenvalue weighted by Crippen LogP contribution is 2.16. The topological polar surface area (TPSA) is 41.1 Å². The summed E-state index contributed by atoms with van der Waals surface area (Å²) in [4.78, 5) is 12.1. The molecular formula is C16H17BrN2O. The fourth-order valence-electron chi connectivity index (χ4n) is 1.92. The van der Waals surface area contributed by atoms with Crippen LogP contribution in [0.2, 0.25) is 0 Å². The van der Waals surface area contributed by atoms with Gasteiger partial charge in [-0.15, -0.1) is 0 Å². The number of anilines is 1. The highest BCUT2D eigenvalue weighted by Gasteiger charge is 2.07. The predicted molar refractivity (Wildman–Crippen MR) is 86.0 cm³/mol. The van der Waals surface area contributed by atoms with Crippen molar-refractivity contribution >= 4 is 27.5 Å². The molecule has 0 saturated carbocycles. The van der Waals surface area contributed by atoms with E-state index in [9.17, 15) is 4.79 Å². The number of rotatable bonds is 4. The van der Waals surface area contributed by atoms with Gasteiger partial charge >= 0.3 is 0 Å². The molecule has 1 amide bonds. The van der Waals surface area contributed by atoms with Crippen molar-refractivity contribution in [3.63, 3.8) is 0 Å². The van der Waals surface area contributed by atoms with Crippen LogP contribution >= 0.6 is 15.9 Å². The van der Waals surface area contributed by atoms with Gasteiger partial charge in [0.2, 0.25) is 0 Å². The summed E-state index contributed by atoms with van der Waals surface area (Å²) < 4.78 is 1.02. The first kappa shape index (κ1) is 14.6. The van der Waals surface area contributed by atoms with Gasteiger partial charge in [0.25, 0.3) is 5.91 Å². The van der Waals surface area contributed by atoms with Crippen LogP contribution in [0.3, 0.4) is 0 Å². The van der Waals surface area contributed by atoms with Crippen LogP contribution in [-0.2, 0) is 6.54 Å². The molecule has 0 heterocycles. The lowest BCUT2D eigenvalue weighted by Gasteiger charge is -2.09. The van der Waals surface area contributed by atoms with E-state index in [2.05, 4.69) is 26.6 Å². The Balaban J connectivity index is 2.06. The lowest BCUT2D eigenvalue weighted by atomic mass is 10.1. The number of nitrogens with one attached hydrogen (secondary N) is 2. The largest absolute Gasteiger partial charge is 0.388 e. The molecule has 3 nitrogen and oxygen atoms in total. The van der Waals surface area contributed by atoms with E-state index in [1.807, 2.05) is 56.4 Å². The van der Waals surface area contributed by atoms with E-state index in [1.54, 1.807) is 0 Å². The molecule has 0 aliphatic carbocycles. The van der Waals surface area contributed by atoms with Gasteiger partial charge < -0.3 is 10.6 Å². The summed E-state index contributed by atoms with van der Waals surface area (Å²) in [6, 6.07) is 13.5. The molecule has 0 bridgehead atoms. The molecule has 4 heteroatoms. The first-order valence-corrected chi connectivity index (χ1v) is 7.20. The number of carbonyl (C=O) groups excluding carboxylic acids is 1. The molecule has 0 aromatic heterocycles. The zero-order valence-corrected chi connectivity index (χ0v) is 13.1. The minimum Gasteiger partial charge on any atom is -0.388 e. The number of hydrogen-bond acceptors (Lipinski definition) is 2. The van der Waals surface area contributed by atoms with E-state index in [-0.39, 0.29) is 5.91 Å². The average Bonchev–Trinajstić information content (AvgIpc) is 2.48. The standard InChI is InChI=1S/C16H17BrN2O/c1-11-6-7-14(17)8-13(11)10-19-16(20)12-4-3-5-15(9-12)18-2/h3-9,18H,10H2,1-2H3,(H,19,20). The molecule has 0 spiro atoms. The van der Waals surface area contributed by atoms with Crippen LogP contribution in [0.1, 0.15) is 21.5 Å². The van der Waals surface area contributed by atoms with E-state index < -0.39 is 0 Å². The SMILES string of the molecule is CNc1cccc(C(=O)NCc2cc(Br)ccc2C)c1. The zero-order valence-electron chi connectivity index (χ0n) is 11.5. The highest BCUT2D eigenvalue weighted by molar-refractivity contribution is 9.10. The Kier molecular flexibility index (Phi) is 4.79. The molecule has 0 aliphatic rings. The zero-order chi connectivity index (χ0) is 14.5. The van der Waals surface area contributed by atoms with E-state index in [4.69, 9.17) is 0 Å². The summed E-state index contributed by atoms with van der Waals surface area (Å²) in [5, 5.41) is 5.97. The molecule has 0 saturated heterocycles. The van der Waals surface area contributed by atoms with Gasteiger partial charge in [-0.1, -0.05) is 28.1 Å². The van der Waals surface area contributed by atoms with Crippen LogP contribution in [0.5, 0.6) is 0 Å². The number of hydrogen-bond donors (Lipinski definition) is 2. The van der Waals surface area contributed by atoms with Crippen molar-refractivity contribution in [2.75, 3.05) is 12.4 Å². The third-order valence-corrected chi connectivity index (χ3v) is 3.66. The molecular weight excluding hydrogens is 316 g/mol.